The molecule has 0 aliphatic heterocycles. The fourth-order valence-electron chi connectivity index (χ4n) is 3.89. The van der Waals surface area contributed by atoms with Crippen molar-refractivity contribution in [1.29, 1.82) is 0 Å². The molecule has 0 saturated carbocycles. The number of rotatable bonds is 12. The second-order valence-electron chi connectivity index (χ2n) is 9.74. The van der Waals surface area contributed by atoms with E-state index in [0.717, 1.165) is 11.1 Å². The van der Waals surface area contributed by atoms with Gasteiger partial charge in [-0.3, -0.25) is 0 Å². The van der Waals surface area contributed by atoms with Gasteiger partial charge in [0.2, 0.25) is 0 Å². The van der Waals surface area contributed by atoms with Crippen LogP contribution in [0, 0.1) is 12.7 Å². The maximum Gasteiger partial charge on any atom is 0.337 e. The van der Waals surface area contributed by atoms with E-state index in [1.165, 1.54) is 12.1 Å². The molecule has 0 unspecified atom stereocenters. The molecule has 0 bridgehead atoms. The second-order valence-corrected chi connectivity index (χ2v) is 10.1. The Bertz CT molecular complexity index is 1230. The molecule has 0 aliphatic carbocycles. The Kier molecular flexibility index (Phi) is 9.68. The van der Waals surface area contributed by atoms with Gasteiger partial charge in [-0.15, -0.1) is 0 Å². The SMILES string of the molecule is Cc1ccc(CC(C)(C)NC[C@@H](O)CO[C@H](C)c2ccccc2Oc2ccc(C(=O)O)c(Cl)c2)cc1F. The third-order valence-electron chi connectivity index (χ3n) is 5.99. The molecule has 6 nitrogen and oxygen atoms in total. The van der Waals surface area contributed by atoms with Crippen LogP contribution in [0.4, 0.5) is 4.39 Å². The van der Waals surface area contributed by atoms with Gasteiger partial charge in [-0.1, -0.05) is 41.9 Å². The predicted octanol–water partition coefficient (Wildman–Crippen LogP) is 6.33. The van der Waals surface area contributed by atoms with Crippen molar-refractivity contribution in [1.82, 2.24) is 5.32 Å². The quantitative estimate of drug-likeness (QED) is 0.254. The van der Waals surface area contributed by atoms with Crippen LogP contribution in [0.1, 0.15) is 53.9 Å². The molecule has 0 aromatic heterocycles. The number of β-amino-alcohol motifs (C(OH)–C–C–N with tert-alkyl or cyclic N) is 1. The Morgan fingerprint density at radius 2 is 1.86 bits per heavy atom. The number of aliphatic hydroxyl groups is 1. The van der Waals surface area contributed by atoms with Crippen molar-refractivity contribution in [2.45, 2.75) is 51.9 Å². The highest BCUT2D eigenvalue weighted by Gasteiger charge is 2.21. The number of para-hydroxylation sites is 1. The van der Waals surface area contributed by atoms with Crippen molar-refractivity contribution in [2.75, 3.05) is 13.2 Å². The summed E-state index contributed by atoms with van der Waals surface area (Å²) < 4.78 is 25.8. The Hall–Kier alpha value is -2.97. The van der Waals surface area contributed by atoms with Gasteiger partial charge in [0, 0.05) is 23.7 Å². The first-order chi connectivity index (χ1) is 17.4. The lowest BCUT2D eigenvalue weighted by Crippen LogP contribution is -2.46. The number of carbonyl (C=O) groups is 1. The molecule has 2 atom stereocenters. The molecule has 0 heterocycles. The number of aryl methyl sites for hydroxylation is 1. The van der Waals surface area contributed by atoms with Crippen molar-refractivity contribution >= 4 is 17.6 Å². The van der Waals surface area contributed by atoms with Crippen LogP contribution < -0.4 is 10.1 Å². The average Bonchev–Trinajstić information content (AvgIpc) is 2.83. The average molecular weight is 530 g/mol. The van der Waals surface area contributed by atoms with Gasteiger partial charge in [0.05, 0.1) is 29.4 Å². The van der Waals surface area contributed by atoms with Crippen molar-refractivity contribution in [3.63, 3.8) is 0 Å². The Morgan fingerprint density at radius 3 is 2.54 bits per heavy atom. The minimum atomic E-state index is -1.11. The number of hydrogen-bond donors (Lipinski definition) is 3. The molecule has 3 rings (SSSR count). The predicted molar refractivity (Wildman–Crippen MR) is 142 cm³/mol. The standard InChI is InChI=1S/C29H33ClFNO5/c1-18-9-10-20(13-26(18)31)15-29(3,4)32-16-21(33)17-36-19(2)23-7-5-6-8-27(23)37-22-11-12-24(28(34)35)25(30)14-22/h5-14,19,21,32-33H,15-17H2,1-4H3,(H,34,35)/t19-,21-/m1/s1. The fraction of sp³-hybridized carbons (Fsp3) is 0.345. The molecule has 3 aromatic carbocycles. The maximum atomic E-state index is 13.9. The Morgan fingerprint density at radius 1 is 1.14 bits per heavy atom. The molecular formula is C29H33ClFNO5. The number of halogens is 2. The highest BCUT2D eigenvalue weighted by Crippen LogP contribution is 2.33. The lowest BCUT2D eigenvalue weighted by Gasteiger charge is -2.28. The van der Waals surface area contributed by atoms with Gasteiger partial charge in [-0.2, -0.15) is 0 Å². The van der Waals surface area contributed by atoms with Gasteiger partial charge in [0.15, 0.2) is 0 Å². The van der Waals surface area contributed by atoms with Crippen molar-refractivity contribution in [3.05, 3.63) is 93.8 Å². The number of benzene rings is 3. The summed E-state index contributed by atoms with van der Waals surface area (Å²) >= 11 is 6.06. The zero-order chi connectivity index (χ0) is 27.2. The molecule has 37 heavy (non-hydrogen) atoms. The van der Waals surface area contributed by atoms with Gasteiger partial charge in [0.1, 0.15) is 17.3 Å². The summed E-state index contributed by atoms with van der Waals surface area (Å²) in [5, 5.41) is 23.1. The second kappa shape index (κ2) is 12.5. The molecule has 0 amide bonds. The van der Waals surface area contributed by atoms with E-state index >= 15 is 0 Å². The number of carboxylic acid groups (broad SMARTS) is 1. The minimum absolute atomic E-state index is 0.00388. The normalized spacial score (nSPS) is 13.3. The fourth-order valence-corrected chi connectivity index (χ4v) is 4.14. The van der Waals surface area contributed by atoms with Gasteiger partial charge < -0.3 is 25.0 Å². The summed E-state index contributed by atoms with van der Waals surface area (Å²) in [6.45, 7) is 8.00. The van der Waals surface area contributed by atoms with Crippen LogP contribution >= 0.6 is 11.6 Å². The summed E-state index contributed by atoms with van der Waals surface area (Å²) in [7, 11) is 0. The van der Waals surface area contributed by atoms with E-state index in [9.17, 15) is 14.3 Å². The van der Waals surface area contributed by atoms with Gasteiger partial charge in [0.25, 0.3) is 0 Å². The topological polar surface area (TPSA) is 88.0 Å². The molecule has 0 fully saturated rings. The number of hydrogen-bond acceptors (Lipinski definition) is 5. The van der Waals surface area contributed by atoms with Crippen LogP contribution in [0.15, 0.2) is 60.7 Å². The molecule has 0 spiro atoms. The van der Waals surface area contributed by atoms with Crippen LogP contribution in [0.2, 0.25) is 5.02 Å². The van der Waals surface area contributed by atoms with E-state index in [1.54, 1.807) is 31.2 Å². The first-order valence-corrected chi connectivity index (χ1v) is 12.4. The molecule has 3 N–H and O–H groups in total. The van der Waals surface area contributed by atoms with E-state index in [4.69, 9.17) is 26.2 Å². The smallest absolute Gasteiger partial charge is 0.337 e. The van der Waals surface area contributed by atoms with E-state index in [1.807, 2.05) is 45.0 Å². The monoisotopic (exact) mass is 529 g/mol. The van der Waals surface area contributed by atoms with E-state index in [0.29, 0.717) is 30.0 Å². The lowest BCUT2D eigenvalue weighted by molar-refractivity contribution is -0.00481. The van der Waals surface area contributed by atoms with E-state index < -0.39 is 12.1 Å². The van der Waals surface area contributed by atoms with E-state index in [2.05, 4.69) is 5.32 Å². The van der Waals surface area contributed by atoms with Crippen molar-refractivity contribution in [2.24, 2.45) is 0 Å². The van der Waals surface area contributed by atoms with Crippen molar-refractivity contribution in [3.8, 4) is 11.5 Å². The Balaban J connectivity index is 1.55. The number of aliphatic hydroxyl groups excluding tert-OH is 1. The van der Waals surface area contributed by atoms with Crippen LogP contribution in [0.3, 0.4) is 0 Å². The number of carboxylic acids is 1. The van der Waals surface area contributed by atoms with Gasteiger partial charge in [-0.05, 0) is 69.5 Å². The molecule has 8 heteroatoms. The summed E-state index contributed by atoms with van der Waals surface area (Å²) in [5.74, 6) is -0.400. The maximum absolute atomic E-state index is 13.9. The van der Waals surface area contributed by atoms with Crippen LogP contribution in [-0.4, -0.2) is 41.0 Å². The highest BCUT2D eigenvalue weighted by molar-refractivity contribution is 6.33. The first-order valence-electron chi connectivity index (χ1n) is 12.0. The number of ether oxygens (including phenoxy) is 2. The molecule has 0 radical (unpaired) electrons. The number of nitrogens with one attached hydrogen (secondary N) is 1. The van der Waals surface area contributed by atoms with E-state index in [-0.39, 0.29) is 34.7 Å². The highest BCUT2D eigenvalue weighted by atomic mass is 35.5. The van der Waals surface area contributed by atoms with Crippen LogP contribution in [-0.2, 0) is 11.2 Å². The molecule has 0 saturated heterocycles. The first kappa shape index (κ1) is 28.6. The van der Waals surface area contributed by atoms with Gasteiger partial charge in [-0.25, -0.2) is 9.18 Å². The number of aromatic carboxylic acids is 1. The zero-order valence-electron chi connectivity index (χ0n) is 21.4. The summed E-state index contributed by atoms with van der Waals surface area (Å²) in [4.78, 5) is 11.2. The largest absolute Gasteiger partial charge is 0.478 e. The summed E-state index contributed by atoms with van der Waals surface area (Å²) in [6, 6.07) is 16.9. The van der Waals surface area contributed by atoms with Crippen LogP contribution in [0.25, 0.3) is 0 Å². The summed E-state index contributed by atoms with van der Waals surface area (Å²) in [6.07, 6.45) is -0.536. The molecular weight excluding hydrogens is 497 g/mol. The molecule has 3 aromatic rings. The molecule has 0 aliphatic rings. The minimum Gasteiger partial charge on any atom is -0.478 e. The zero-order valence-corrected chi connectivity index (χ0v) is 22.2. The van der Waals surface area contributed by atoms with Crippen LogP contribution in [0.5, 0.6) is 11.5 Å². The lowest BCUT2D eigenvalue weighted by atomic mass is 9.94. The van der Waals surface area contributed by atoms with Gasteiger partial charge >= 0.3 is 5.97 Å². The Labute approximate surface area is 222 Å². The third-order valence-corrected chi connectivity index (χ3v) is 6.31. The third kappa shape index (κ3) is 8.27. The summed E-state index contributed by atoms with van der Waals surface area (Å²) in [5.41, 5.74) is 1.91. The van der Waals surface area contributed by atoms with Crippen molar-refractivity contribution < 1.29 is 28.9 Å². The molecule has 198 valence electrons.